The smallest absolute Gasteiger partial charge is 0.175 e. The summed E-state index contributed by atoms with van der Waals surface area (Å²) in [6.07, 6.45) is 0. The van der Waals surface area contributed by atoms with E-state index in [1.54, 1.807) is 14.2 Å². The van der Waals surface area contributed by atoms with Gasteiger partial charge in [-0.05, 0) is 31.3 Å². The molecule has 1 aromatic carbocycles. The van der Waals surface area contributed by atoms with Crippen LogP contribution >= 0.6 is 12.2 Å². The summed E-state index contributed by atoms with van der Waals surface area (Å²) >= 11 is 5.07. The molecule has 17 heavy (non-hydrogen) atoms. The van der Waals surface area contributed by atoms with Crippen LogP contribution in [0, 0.1) is 11.7 Å². The average Bonchev–Trinajstić information content (AvgIpc) is 2.67. The Kier molecular flexibility index (Phi) is 3.19. The molecule has 0 saturated carbocycles. The minimum Gasteiger partial charge on any atom is -0.497 e. The van der Waals surface area contributed by atoms with E-state index < -0.39 is 0 Å². The van der Waals surface area contributed by atoms with Crippen molar-refractivity contribution < 1.29 is 9.47 Å². The Morgan fingerprint density at radius 3 is 2.41 bits per heavy atom. The Morgan fingerprint density at radius 1 is 1.12 bits per heavy atom. The van der Waals surface area contributed by atoms with E-state index in [9.17, 15) is 0 Å². The largest absolute Gasteiger partial charge is 0.497 e. The Labute approximate surface area is 105 Å². The van der Waals surface area contributed by atoms with Gasteiger partial charge in [0.05, 0.1) is 19.9 Å². The zero-order valence-corrected chi connectivity index (χ0v) is 10.8. The molecule has 2 aromatic rings. The van der Waals surface area contributed by atoms with Crippen LogP contribution in [-0.2, 0) is 0 Å². The lowest BCUT2D eigenvalue weighted by molar-refractivity contribution is 0.395. The summed E-state index contributed by atoms with van der Waals surface area (Å²) in [4.78, 5) is 6.17. The fourth-order valence-electron chi connectivity index (χ4n) is 1.75. The van der Waals surface area contributed by atoms with Gasteiger partial charge in [0.2, 0.25) is 0 Å². The number of H-pyrrole nitrogens is 2. The third-order valence-electron chi connectivity index (χ3n) is 2.59. The third-order valence-corrected chi connectivity index (χ3v) is 2.80. The van der Waals surface area contributed by atoms with Crippen molar-refractivity contribution in [3.8, 4) is 22.8 Å². The summed E-state index contributed by atoms with van der Waals surface area (Å²) in [6, 6.07) is 5.68. The van der Waals surface area contributed by atoms with E-state index in [0.29, 0.717) is 4.77 Å². The summed E-state index contributed by atoms with van der Waals surface area (Å²) in [5.74, 6) is 1.51. The number of methoxy groups -OCH3 is 2. The molecule has 0 aliphatic carbocycles. The van der Waals surface area contributed by atoms with E-state index >= 15 is 0 Å². The highest BCUT2D eigenvalue weighted by Gasteiger charge is 2.11. The van der Waals surface area contributed by atoms with Gasteiger partial charge in [0.25, 0.3) is 0 Å². The molecule has 0 saturated heterocycles. The van der Waals surface area contributed by atoms with Crippen molar-refractivity contribution in [2.75, 3.05) is 14.2 Å². The number of aromatic nitrogens is 2. The number of ether oxygens (including phenoxy) is 2. The number of imidazole rings is 1. The molecule has 0 aliphatic rings. The van der Waals surface area contributed by atoms with Gasteiger partial charge in [-0.3, -0.25) is 0 Å². The summed E-state index contributed by atoms with van der Waals surface area (Å²) in [6.45, 7) is 1.96. The molecule has 2 N–H and O–H groups in total. The molecule has 0 amide bonds. The fraction of sp³-hybridized carbons (Fsp3) is 0.250. The van der Waals surface area contributed by atoms with E-state index in [1.165, 1.54) is 0 Å². The number of nitrogens with one attached hydrogen (secondary N) is 2. The van der Waals surface area contributed by atoms with Gasteiger partial charge in [-0.25, -0.2) is 0 Å². The molecule has 0 fully saturated rings. The highest BCUT2D eigenvalue weighted by atomic mass is 32.1. The number of benzene rings is 1. The lowest BCUT2D eigenvalue weighted by Gasteiger charge is -2.09. The predicted octanol–water partition coefficient (Wildman–Crippen LogP) is 3.06. The molecule has 90 valence electrons. The topological polar surface area (TPSA) is 50.0 Å². The lowest BCUT2D eigenvalue weighted by Crippen LogP contribution is -1.91. The van der Waals surface area contributed by atoms with E-state index in [2.05, 4.69) is 9.97 Å². The number of aryl methyl sites for hydroxylation is 1. The van der Waals surface area contributed by atoms with Crippen molar-refractivity contribution in [1.29, 1.82) is 0 Å². The molecular formula is C12H14N2O2S. The monoisotopic (exact) mass is 250 g/mol. The second-order valence-electron chi connectivity index (χ2n) is 3.65. The van der Waals surface area contributed by atoms with Crippen LogP contribution < -0.4 is 9.47 Å². The van der Waals surface area contributed by atoms with E-state index in [4.69, 9.17) is 21.7 Å². The van der Waals surface area contributed by atoms with Crippen LogP contribution in [0.3, 0.4) is 0 Å². The molecule has 0 spiro atoms. The maximum Gasteiger partial charge on any atom is 0.175 e. The molecule has 1 aromatic heterocycles. The van der Waals surface area contributed by atoms with Crippen LogP contribution in [-0.4, -0.2) is 24.2 Å². The standard InChI is InChI=1S/C12H14N2O2S/c1-7-11(14-12(17)13-7)9-5-4-8(15-2)6-10(9)16-3/h4-6H,1-3H3,(H2,13,14,17). The Balaban J connectivity index is 2.59. The van der Waals surface area contributed by atoms with Gasteiger partial charge in [0.1, 0.15) is 11.5 Å². The fourth-order valence-corrected chi connectivity index (χ4v) is 2.00. The van der Waals surface area contributed by atoms with E-state index in [0.717, 1.165) is 28.5 Å². The highest BCUT2D eigenvalue weighted by Crippen LogP contribution is 2.33. The molecule has 2 rings (SSSR count). The molecule has 1 heterocycles. The third kappa shape index (κ3) is 2.19. The van der Waals surface area contributed by atoms with E-state index in [-0.39, 0.29) is 0 Å². The van der Waals surface area contributed by atoms with Crippen molar-refractivity contribution in [2.45, 2.75) is 6.92 Å². The van der Waals surface area contributed by atoms with Crippen LogP contribution in [0.4, 0.5) is 0 Å². The maximum atomic E-state index is 5.36. The van der Waals surface area contributed by atoms with Gasteiger partial charge in [0.15, 0.2) is 4.77 Å². The van der Waals surface area contributed by atoms with Crippen LogP contribution in [0.1, 0.15) is 5.69 Å². The van der Waals surface area contributed by atoms with Crippen LogP contribution in [0.5, 0.6) is 11.5 Å². The minimum absolute atomic E-state index is 0.607. The second-order valence-corrected chi connectivity index (χ2v) is 4.05. The number of rotatable bonds is 3. The molecule has 0 radical (unpaired) electrons. The molecule has 0 bridgehead atoms. The summed E-state index contributed by atoms with van der Waals surface area (Å²) < 4.78 is 11.1. The van der Waals surface area contributed by atoms with Crippen LogP contribution in [0.25, 0.3) is 11.3 Å². The summed E-state index contributed by atoms with van der Waals surface area (Å²) in [5.41, 5.74) is 2.88. The van der Waals surface area contributed by atoms with Crippen molar-refractivity contribution in [1.82, 2.24) is 9.97 Å². The highest BCUT2D eigenvalue weighted by molar-refractivity contribution is 7.71. The number of hydrogen-bond acceptors (Lipinski definition) is 3. The zero-order valence-electron chi connectivity index (χ0n) is 9.96. The molecule has 4 nitrogen and oxygen atoms in total. The molecule has 0 atom stereocenters. The predicted molar refractivity (Wildman–Crippen MR) is 69.3 cm³/mol. The van der Waals surface area contributed by atoms with Gasteiger partial charge >= 0.3 is 0 Å². The van der Waals surface area contributed by atoms with Gasteiger partial charge in [-0.2, -0.15) is 0 Å². The Hall–Kier alpha value is -1.75. The molecule has 0 unspecified atom stereocenters. The van der Waals surface area contributed by atoms with Crippen LogP contribution in [0.15, 0.2) is 18.2 Å². The first-order valence-corrected chi connectivity index (χ1v) is 5.58. The quantitative estimate of drug-likeness (QED) is 0.823. The molecule has 5 heteroatoms. The molecular weight excluding hydrogens is 236 g/mol. The van der Waals surface area contributed by atoms with Gasteiger partial charge < -0.3 is 19.4 Å². The number of aromatic amines is 2. The Bertz CT molecular complexity index is 586. The van der Waals surface area contributed by atoms with Crippen LogP contribution in [0.2, 0.25) is 0 Å². The lowest BCUT2D eigenvalue weighted by atomic mass is 10.1. The second kappa shape index (κ2) is 4.63. The average molecular weight is 250 g/mol. The normalized spacial score (nSPS) is 10.3. The van der Waals surface area contributed by atoms with Gasteiger partial charge in [-0.1, -0.05) is 0 Å². The first-order valence-electron chi connectivity index (χ1n) is 5.17. The first kappa shape index (κ1) is 11.7. The van der Waals surface area contributed by atoms with Gasteiger partial charge in [0, 0.05) is 17.3 Å². The van der Waals surface area contributed by atoms with Crippen molar-refractivity contribution >= 4 is 12.2 Å². The van der Waals surface area contributed by atoms with Crippen molar-refractivity contribution in [3.05, 3.63) is 28.7 Å². The first-order chi connectivity index (χ1) is 8.15. The molecule has 0 aliphatic heterocycles. The summed E-state index contributed by atoms with van der Waals surface area (Å²) in [7, 11) is 3.26. The minimum atomic E-state index is 0.607. The van der Waals surface area contributed by atoms with Gasteiger partial charge in [-0.15, -0.1) is 0 Å². The van der Waals surface area contributed by atoms with E-state index in [1.807, 2.05) is 25.1 Å². The van der Waals surface area contributed by atoms with Crippen molar-refractivity contribution in [2.24, 2.45) is 0 Å². The van der Waals surface area contributed by atoms with Crippen molar-refractivity contribution in [3.63, 3.8) is 0 Å². The Morgan fingerprint density at radius 2 is 1.88 bits per heavy atom. The zero-order chi connectivity index (χ0) is 12.4. The SMILES string of the molecule is COc1ccc(-c2[nH]c(=S)[nH]c2C)c(OC)c1. The maximum absolute atomic E-state index is 5.36. The summed E-state index contributed by atoms with van der Waals surface area (Å²) in [5, 5.41) is 0. The number of hydrogen-bond donors (Lipinski definition) is 2.